The zero-order valence-electron chi connectivity index (χ0n) is 16.9. The number of amides is 1. The van der Waals surface area contributed by atoms with Crippen LogP contribution in [0, 0.1) is 0 Å². The second-order valence-corrected chi connectivity index (χ2v) is 8.04. The number of benzene rings is 2. The highest BCUT2D eigenvalue weighted by atomic mass is 35.5. The quantitative estimate of drug-likeness (QED) is 0.501. The van der Waals surface area contributed by atoms with E-state index in [0.29, 0.717) is 21.2 Å². The number of carbonyl (C=O) groups is 2. The van der Waals surface area contributed by atoms with E-state index in [1.54, 1.807) is 48.5 Å². The fraction of sp³-hybridized carbons (Fsp3) is 0.364. The molecule has 1 heterocycles. The maximum Gasteiger partial charge on any atom is 0.391 e. The number of halogens is 5. The van der Waals surface area contributed by atoms with Gasteiger partial charge in [-0.25, -0.2) is 4.79 Å². The Balaban J connectivity index is 2.15. The van der Waals surface area contributed by atoms with Gasteiger partial charge >= 0.3 is 12.1 Å². The summed E-state index contributed by atoms with van der Waals surface area (Å²) in [4.78, 5) is 26.4. The van der Waals surface area contributed by atoms with E-state index in [4.69, 9.17) is 32.7 Å². The predicted molar refractivity (Wildman–Crippen MR) is 112 cm³/mol. The van der Waals surface area contributed by atoms with Gasteiger partial charge in [0.05, 0.1) is 19.1 Å². The Morgan fingerprint density at radius 1 is 1.16 bits per heavy atom. The summed E-state index contributed by atoms with van der Waals surface area (Å²) in [6.45, 7) is 0.846. The molecule has 0 radical (unpaired) electrons. The van der Waals surface area contributed by atoms with Crippen LogP contribution in [0.2, 0.25) is 10.0 Å². The normalized spacial score (nSPS) is 20.2. The van der Waals surface area contributed by atoms with Crippen molar-refractivity contribution < 1.29 is 32.2 Å². The van der Waals surface area contributed by atoms with E-state index in [1.165, 1.54) is 6.92 Å². The molecule has 3 rings (SSSR count). The van der Waals surface area contributed by atoms with Gasteiger partial charge in [0.2, 0.25) is 5.91 Å². The van der Waals surface area contributed by atoms with Crippen molar-refractivity contribution in [1.82, 2.24) is 4.90 Å². The lowest BCUT2D eigenvalue weighted by atomic mass is 9.91. The van der Waals surface area contributed by atoms with E-state index >= 15 is 0 Å². The third-order valence-corrected chi connectivity index (χ3v) is 5.46. The summed E-state index contributed by atoms with van der Waals surface area (Å²) in [6.07, 6.45) is -7.14. The van der Waals surface area contributed by atoms with E-state index in [0.717, 1.165) is 4.90 Å². The summed E-state index contributed by atoms with van der Waals surface area (Å²) in [6, 6.07) is 9.92. The van der Waals surface area contributed by atoms with E-state index in [1.807, 2.05) is 0 Å². The average Bonchev–Trinajstić information content (AvgIpc) is 2.72. The summed E-state index contributed by atoms with van der Waals surface area (Å²) in [5.74, 6) is -1.89. The maximum absolute atomic E-state index is 13.4. The first-order valence-electron chi connectivity index (χ1n) is 9.77. The van der Waals surface area contributed by atoms with Gasteiger partial charge in [0.15, 0.2) is 0 Å². The molecule has 3 atom stereocenters. The van der Waals surface area contributed by atoms with Gasteiger partial charge in [-0.05, 0) is 42.3 Å². The van der Waals surface area contributed by atoms with Gasteiger partial charge in [0, 0.05) is 10.0 Å². The van der Waals surface area contributed by atoms with Crippen LogP contribution in [0.5, 0.6) is 0 Å². The summed E-state index contributed by atoms with van der Waals surface area (Å²) in [7, 11) is 0. The molecule has 0 spiro atoms. The number of esters is 1. The first kappa shape index (κ1) is 24.4. The topological polar surface area (TPSA) is 55.8 Å². The molecular formula is C22H20Cl2F3NO4. The second-order valence-electron chi connectivity index (χ2n) is 7.17. The minimum absolute atomic E-state index is 0.130. The Hall–Kier alpha value is -2.29. The third kappa shape index (κ3) is 5.74. The van der Waals surface area contributed by atoms with Gasteiger partial charge in [-0.2, -0.15) is 13.2 Å². The van der Waals surface area contributed by atoms with Crippen molar-refractivity contribution >= 4 is 35.1 Å². The predicted octanol–water partition coefficient (Wildman–Crippen LogP) is 5.52. The number of nitrogens with zero attached hydrogens (tertiary/aromatic N) is 1. The lowest BCUT2D eigenvalue weighted by Crippen LogP contribution is -2.55. The van der Waals surface area contributed by atoms with E-state index in [2.05, 4.69) is 0 Å². The fourth-order valence-electron chi connectivity index (χ4n) is 3.71. The zero-order chi connectivity index (χ0) is 23.5. The smallest absolute Gasteiger partial charge is 0.391 e. The molecule has 1 amide bonds. The van der Waals surface area contributed by atoms with Crippen molar-refractivity contribution in [3.63, 3.8) is 0 Å². The Labute approximate surface area is 193 Å². The highest BCUT2D eigenvalue weighted by molar-refractivity contribution is 6.30. The van der Waals surface area contributed by atoms with E-state index in [-0.39, 0.29) is 6.61 Å². The minimum atomic E-state index is -4.72. The van der Waals surface area contributed by atoms with Crippen LogP contribution in [-0.2, 0) is 19.1 Å². The zero-order valence-corrected chi connectivity index (χ0v) is 18.5. The molecule has 0 aromatic heterocycles. The molecular weight excluding hydrogens is 470 g/mol. The molecule has 2 aromatic rings. The number of hydrogen-bond donors (Lipinski definition) is 0. The van der Waals surface area contributed by atoms with E-state index in [9.17, 15) is 22.8 Å². The Morgan fingerprint density at radius 3 is 2.44 bits per heavy atom. The molecule has 1 saturated heterocycles. The van der Waals surface area contributed by atoms with Crippen molar-refractivity contribution in [3.8, 4) is 0 Å². The fourth-order valence-corrected chi connectivity index (χ4v) is 4.03. The molecule has 1 aliphatic rings. The number of ether oxygens (including phenoxy) is 2. The Kier molecular flexibility index (Phi) is 7.69. The molecule has 0 bridgehead atoms. The number of rotatable bonds is 6. The molecule has 5 nitrogen and oxygen atoms in total. The van der Waals surface area contributed by atoms with Crippen molar-refractivity contribution in [1.29, 1.82) is 0 Å². The molecule has 0 aliphatic carbocycles. The molecule has 32 heavy (non-hydrogen) atoms. The van der Waals surface area contributed by atoms with Crippen molar-refractivity contribution in [2.45, 2.75) is 37.7 Å². The summed E-state index contributed by atoms with van der Waals surface area (Å²) >= 11 is 12.1. The first-order valence-corrected chi connectivity index (χ1v) is 10.5. The summed E-state index contributed by atoms with van der Waals surface area (Å²) in [5.41, 5.74) is 0.994. The molecule has 1 aliphatic heterocycles. The number of hydrogen-bond acceptors (Lipinski definition) is 4. The SMILES string of the molecule is CCOC(=O)C(CC(F)(F)F)N1C(=O)CO[C@H](c2cccc(Cl)c2)[C@H]1c1ccc(Cl)cc1. The Morgan fingerprint density at radius 2 is 1.84 bits per heavy atom. The molecule has 2 aromatic carbocycles. The second kappa shape index (κ2) is 10.1. The van der Waals surface area contributed by atoms with Gasteiger partial charge in [0.25, 0.3) is 0 Å². The molecule has 1 fully saturated rings. The highest BCUT2D eigenvalue weighted by Gasteiger charge is 2.48. The Bertz CT molecular complexity index is 968. The van der Waals surface area contributed by atoms with Gasteiger partial charge in [-0.3, -0.25) is 4.79 Å². The van der Waals surface area contributed by atoms with Crippen molar-refractivity contribution in [2.24, 2.45) is 0 Å². The monoisotopic (exact) mass is 489 g/mol. The number of morpholine rings is 1. The van der Waals surface area contributed by atoms with Crippen LogP contribution in [0.3, 0.4) is 0 Å². The highest BCUT2D eigenvalue weighted by Crippen LogP contribution is 2.43. The van der Waals surface area contributed by atoms with Crippen LogP contribution >= 0.6 is 23.2 Å². The van der Waals surface area contributed by atoms with Gasteiger partial charge in [-0.15, -0.1) is 0 Å². The summed E-state index contributed by atoms with van der Waals surface area (Å²) in [5, 5.41) is 0.793. The van der Waals surface area contributed by atoms with Crippen LogP contribution in [0.4, 0.5) is 13.2 Å². The van der Waals surface area contributed by atoms with Gasteiger partial charge in [-0.1, -0.05) is 47.5 Å². The van der Waals surface area contributed by atoms with Gasteiger partial charge < -0.3 is 14.4 Å². The van der Waals surface area contributed by atoms with Crippen LogP contribution in [-0.4, -0.2) is 42.2 Å². The summed E-state index contributed by atoms with van der Waals surface area (Å²) < 4.78 is 51.0. The van der Waals surface area contributed by atoms with Crippen molar-refractivity contribution in [3.05, 3.63) is 69.7 Å². The van der Waals surface area contributed by atoms with Crippen LogP contribution in [0.25, 0.3) is 0 Å². The van der Waals surface area contributed by atoms with Crippen LogP contribution in [0.15, 0.2) is 48.5 Å². The minimum Gasteiger partial charge on any atom is -0.464 e. The van der Waals surface area contributed by atoms with Crippen molar-refractivity contribution in [2.75, 3.05) is 13.2 Å². The van der Waals surface area contributed by atoms with Crippen LogP contribution < -0.4 is 0 Å². The molecule has 172 valence electrons. The maximum atomic E-state index is 13.4. The molecule has 1 unspecified atom stereocenters. The number of alkyl halides is 3. The molecule has 0 saturated carbocycles. The van der Waals surface area contributed by atoms with Crippen LogP contribution in [0.1, 0.15) is 36.6 Å². The average molecular weight is 490 g/mol. The van der Waals surface area contributed by atoms with E-state index < -0.39 is 49.3 Å². The standard InChI is InChI=1S/C22H20Cl2F3NO4/c1-2-31-21(30)17(11-22(25,26)27)28-18(29)12-32-20(14-4-3-5-16(24)10-14)19(28)13-6-8-15(23)9-7-13/h3-10,17,19-20H,2,11-12H2,1H3/t17?,19-,20-/m1/s1. The first-order chi connectivity index (χ1) is 15.1. The van der Waals surface area contributed by atoms with Gasteiger partial charge in [0.1, 0.15) is 18.8 Å². The lowest BCUT2D eigenvalue weighted by molar-refractivity contribution is -0.189. The number of carbonyl (C=O) groups excluding carboxylic acids is 2. The molecule has 10 heteroatoms. The molecule has 0 N–H and O–H groups in total. The lowest BCUT2D eigenvalue weighted by Gasteiger charge is -2.44. The largest absolute Gasteiger partial charge is 0.464 e. The third-order valence-electron chi connectivity index (χ3n) is 4.97.